The molecule has 1 N–H and O–H groups in total. The van der Waals surface area contributed by atoms with E-state index in [1.54, 1.807) is 12.1 Å². The summed E-state index contributed by atoms with van der Waals surface area (Å²) in [6.07, 6.45) is -1.45. The SMILES string of the molecule is COc1ccc(C(F)(F)F)c(C(=O)N2CCN(c3ccc(C(=O)NCCCc4ccccc4)cn3)CC2)c1. The molecule has 0 radical (unpaired) electrons. The predicted molar refractivity (Wildman–Crippen MR) is 137 cm³/mol. The van der Waals surface area contributed by atoms with Crippen LogP contribution in [0.1, 0.15) is 38.3 Å². The summed E-state index contributed by atoms with van der Waals surface area (Å²) in [5.41, 5.74) is 0.253. The zero-order valence-electron chi connectivity index (χ0n) is 21.0. The normalized spacial score (nSPS) is 13.8. The van der Waals surface area contributed by atoms with Crippen molar-refractivity contribution in [2.24, 2.45) is 0 Å². The second kappa shape index (κ2) is 12.0. The summed E-state index contributed by atoms with van der Waals surface area (Å²) in [6.45, 7) is 1.82. The van der Waals surface area contributed by atoms with Crippen LogP contribution >= 0.6 is 0 Å². The monoisotopic (exact) mass is 526 g/mol. The van der Waals surface area contributed by atoms with Gasteiger partial charge in [0, 0.05) is 38.9 Å². The van der Waals surface area contributed by atoms with Crippen molar-refractivity contribution in [3.8, 4) is 5.75 Å². The number of pyridine rings is 1. The van der Waals surface area contributed by atoms with Crippen molar-refractivity contribution in [1.29, 1.82) is 0 Å². The molecule has 7 nitrogen and oxygen atoms in total. The number of aromatic nitrogens is 1. The fourth-order valence-corrected chi connectivity index (χ4v) is 4.33. The highest BCUT2D eigenvalue weighted by atomic mass is 19.4. The van der Waals surface area contributed by atoms with Crippen LogP contribution in [0.25, 0.3) is 0 Å². The van der Waals surface area contributed by atoms with Crippen LogP contribution in [0.15, 0.2) is 66.9 Å². The van der Waals surface area contributed by atoms with Gasteiger partial charge in [0.15, 0.2) is 0 Å². The molecule has 0 bridgehead atoms. The summed E-state index contributed by atoms with van der Waals surface area (Å²) in [5.74, 6) is -0.0750. The number of benzene rings is 2. The van der Waals surface area contributed by atoms with Gasteiger partial charge in [0.1, 0.15) is 11.6 Å². The highest BCUT2D eigenvalue weighted by Gasteiger charge is 2.37. The number of carbonyl (C=O) groups is 2. The van der Waals surface area contributed by atoms with E-state index in [4.69, 9.17) is 4.74 Å². The molecule has 0 unspecified atom stereocenters. The van der Waals surface area contributed by atoms with Crippen molar-refractivity contribution in [2.45, 2.75) is 19.0 Å². The maximum Gasteiger partial charge on any atom is 0.417 e. The summed E-state index contributed by atoms with van der Waals surface area (Å²) in [4.78, 5) is 33.1. The Kier molecular flexibility index (Phi) is 8.50. The van der Waals surface area contributed by atoms with Crippen LogP contribution < -0.4 is 15.0 Å². The first-order valence-corrected chi connectivity index (χ1v) is 12.3. The maximum atomic E-state index is 13.5. The molecule has 0 aliphatic carbocycles. The first-order chi connectivity index (χ1) is 18.3. The van der Waals surface area contributed by atoms with Crippen molar-refractivity contribution in [2.75, 3.05) is 44.7 Å². The number of piperazine rings is 1. The van der Waals surface area contributed by atoms with Crippen molar-refractivity contribution < 1.29 is 27.5 Å². The van der Waals surface area contributed by atoms with Crippen LogP contribution in [0.3, 0.4) is 0 Å². The Morgan fingerprint density at radius 1 is 1.00 bits per heavy atom. The van der Waals surface area contributed by atoms with E-state index in [2.05, 4.69) is 22.4 Å². The molecule has 0 atom stereocenters. The number of aryl methyl sites for hydroxylation is 1. The van der Waals surface area contributed by atoms with Crippen molar-refractivity contribution in [1.82, 2.24) is 15.2 Å². The summed E-state index contributed by atoms with van der Waals surface area (Å²) in [5, 5.41) is 2.90. The fourth-order valence-electron chi connectivity index (χ4n) is 4.33. The molecule has 4 rings (SSSR count). The molecule has 0 spiro atoms. The van der Waals surface area contributed by atoms with E-state index >= 15 is 0 Å². The van der Waals surface area contributed by atoms with Gasteiger partial charge in [-0.05, 0) is 48.7 Å². The molecule has 3 aromatic rings. The van der Waals surface area contributed by atoms with Crippen molar-refractivity contribution >= 4 is 17.6 Å². The van der Waals surface area contributed by atoms with E-state index in [9.17, 15) is 22.8 Å². The minimum Gasteiger partial charge on any atom is -0.497 e. The number of methoxy groups -OCH3 is 1. The molecular formula is C28H29F3N4O3. The van der Waals surface area contributed by atoms with Crippen LogP contribution in [-0.4, -0.2) is 61.5 Å². The number of amides is 2. The number of anilines is 1. The molecule has 0 saturated carbocycles. The standard InChI is InChI=1S/C28H29F3N4O3/c1-38-22-10-11-24(28(29,30)31)23(18-22)27(37)35-16-14-34(15-17-35)25-12-9-21(19-33-25)26(36)32-13-5-8-20-6-3-2-4-7-20/h2-4,6-7,9-12,18-19H,5,8,13-17H2,1H3,(H,32,36). The molecule has 38 heavy (non-hydrogen) atoms. The van der Waals surface area contributed by atoms with Crippen LogP contribution in [0, 0.1) is 0 Å². The van der Waals surface area contributed by atoms with E-state index in [0.717, 1.165) is 25.0 Å². The number of rotatable bonds is 8. The molecule has 200 valence electrons. The predicted octanol–water partition coefficient (Wildman–Crippen LogP) is 4.43. The number of ether oxygens (including phenoxy) is 1. The first-order valence-electron chi connectivity index (χ1n) is 12.3. The number of hydrogen-bond donors (Lipinski definition) is 1. The van der Waals surface area contributed by atoms with Gasteiger partial charge in [0.25, 0.3) is 11.8 Å². The molecule has 1 saturated heterocycles. The van der Waals surface area contributed by atoms with E-state index in [0.29, 0.717) is 31.0 Å². The van der Waals surface area contributed by atoms with Gasteiger partial charge >= 0.3 is 6.18 Å². The number of carbonyl (C=O) groups excluding carboxylic acids is 2. The molecule has 10 heteroatoms. The molecule has 1 fully saturated rings. The minimum absolute atomic E-state index is 0.185. The smallest absolute Gasteiger partial charge is 0.417 e. The van der Waals surface area contributed by atoms with Crippen LogP contribution in [-0.2, 0) is 12.6 Å². The van der Waals surface area contributed by atoms with Crippen LogP contribution in [0.4, 0.5) is 19.0 Å². The first kappa shape index (κ1) is 27.0. The third-order valence-electron chi connectivity index (χ3n) is 6.43. The van der Waals surface area contributed by atoms with Crippen LogP contribution in [0.2, 0.25) is 0 Å². The average Bonchev–Trinajstić information content (AvgIpc) is 2.94. The molecule has 2 amide bonds. The topological polar surface area (TPSA) is 74.8 Å². The maximum absolute atomic E-state index is 13.5. The Morgan fingerprint density at radius 3 is 2.37 bits per heavy atom. The largest absolute Gasteiger partial charge is 0.497 e. The van der Waals surface area contributed by atoms with E-state index < -0.39 is 23.2 Å². The lowest BCUT2D eigenvalue weighted by atomic mass is 10.0. The van der Waals surface area contributed by atoms with Gasteiger partial charge in [-0.15, -0.1) is 0 Å². The highest BCUT2D eigenvalue weighted by Crippen LogP contribution is 2.34. The Balaban J connectivity index is 1.30. The van der Waals surface area contributed by atoms with Crippen molar-refractivity contribution in [3.63, 3.8) is 0 Å². The molecule has 1 aromatic heterocycles. The summed E-state index contributed by atoms with van der Waals surface area (Å²) < 4.78 is 45.5. The lowest BCUT2D eigenvalue weighted by molar-refractivity contribution is -0.138. The zero-order valence-corrected chi connectivity index (χ0v) is 21.0. The molecule has 1 aliphatic rings. The lowest BCUT2D eigenvalue weighted by Gasteiger charge is -2.35. The number of alkyl halides is 3. The van der Waals surface area contributed by atoms with Crippen molar-refractivity contribution in [3.05, 3.63) is 89.1 Å². The zero-order chi connectivity index (χ0) is 27.1. The van der Waals surface area contributed by atoms with Gasteiger partial charge in [-0.3, -0.25) is 9.59 Å². The lowest BCUT2D eigenvalue weighted by Crippen LogP contribution is -2.49. The summed E-state index contributed by atoms with van der Waals surface area (Å²) >= 11 is 0. The van der Waals surface area contributed by atoms with Gasteiger partial charge < -0.3 is 19.9 Å². The minimum atomic E-state index is -4.65. The van der Waals surface area contributed by atoms with E-state index in [1.165, 1.54) is 29.8 Å². The van der Waals surface area contributed by atoms with E-state index in [1.807, 2.05) is 23.1 Å². The highest BCUT2D eigenvalue weighted by molar-refractivity contribution is 5.96. The Labute approximate surface area is 219 Å². The average molecular weight is 527 g/mol. The Morgan fingerprint density at radius 2 is 1.74 bits per heavy atom. The van der Waals surface area contributed by atoms with Crippen LogP contribution in [0.5, 0.6) is 5.75 Å². The number of halogens is 3. The van der Waals surface area contributed by atoms with E-state index in [-0.39, 0.29) is 24.7 Å². The molecule has 2 heterocycles. The Hall–Kier alpha value is -4.08. The molecular weight excluding hydrogens is 497 g/mol. The number of nitrogens with zero attached hydrogens (tertiary/aromatic N) is 3. The van der Waals surface area contributed by atoms with Gasteiger partial charge in [-0.1, -0.05) is 30.3 Å². The van der Waals surface area contributed by atoms with Gasteiger partial charge in [0.05, 0.1) is 23.8 Å². The fraction of sp³-hybridized carbons (Fsp3) is 0.321. The summed E-state index contributed by atoms with van der Waals surface area (Å²) in [6, 6.07) is 16.7. The third-order valence-corrected chi connectivity index (χ3v) is 6.43. The van der Waals surface area contributed by atoms with Gasteiger partial charge in [-0.2, -0.15) is 13.2 Å². The molecule has 1 aliphatic heterocycles. The third kappa shape index (κ3) is 6.62. The second-order valence-corrected chi connectivity index (χ2v) is 8.94. The molecule has 2 aromatic carbocycles. The number of hydrogen-bond acceptors (Lipinski definition) is 5. The summed E-state index contributed by atoms with van der Waals surface area (Å²) in [7, 11) is 1.34. The van der Waals surface area contributed by atoms with Gasteiger partial charge in [-0.25, -0.2) is 4.98 Å². The Bertz CT molecular complexity index is 1240. The van der Waals surface area contributed by atoms with Gasteiger partial charge in [0.2, 0.25) is 0 Å². The number of nitrogens with one attached hydrogen (secondary N) is 1. The second-order valence-electron chi connectivity index (χ2n) is 8.94. The quantitative estimate of drug-likeness (QED) is 0.440.